The average molecular weight is 352 g/mol. The highest BCUT2D eigenvalue weighted by Gasteiger charge is 2.13. The summed E-state index contributed by atoms with van der Waals surface area (Å²) >= 11 is 3.34. The first-order chi connectivity index (χ1) is 9.38. The maximum absolute atomic E-state index is 12.2. The normalized spacial score (nSPS) is 12.4. The average Bonchev–Trinajstić information content (AvgIpc) is 2.39. The molecule has 0 unspecified atom stereocenters. The van der Waals surface area contributed by atoms with Crippen molar-refractivity contribution in [2.75, 3.05) is 0 Å². The van der Waals surface area contributed by atoms with E-state index in [1.165, 1.54) is 0 Å². The van der Waals surface area contributed by atoms with Crippen LogP contribution < -0.4 is 0 Å². The molecule has 0 atom stereocenters. The Bertz CT molecular complexity index is 732. The van der Waals surface area contributed by atoms with Gasteiger partial charge in [-0.05, 0) is 43.7 Å². The van der Waals surface area contributed by atoms with E-state index in [-0.39, 0.29) is 4.90 Å². The maximum atomic E-state index is 12.2. The van der Waals surface area contributed by atoms with Crippen molar-refractivity contribution in [3.05, 3.63) is 64.1 Å². The topological polar surface area (TPSA) is 46.5 Å². The monoisotopic (exact) mass is 351 g/mol. The number of aryl methyl sites for hydroxylation is 1. The molecule has 0 amide bonds. The largest absolute Gasteiger partial charge is 0.282 e. The van der Waals surface area contributed by atoms with Crippen LogP contribution in [0.1, 0.15) is 18.1 Å². The predicted octanol–water partition coefficient (Wildman–Crippen LogP) is 3.96. The summed E-state index contributed by atoms with van der Waals surface area (Å²) in [5.41, 5.74) is 2.26. The number of halogens is 1. The van der Waals surface area contributed by atoms with E-state index in [1.54, 1.807) is 31.2 Å². The van der Waals surface area contributed by atoms with Crippen molar-refractivity contribution in [2.45, 2.75) is 18.7 Å². The van der Waals surface area contributed by atoms with Gasteiger partial charge in [0.05, 0.1) is 10.6 Å². The molecule has 0 N–H and O–H groups in total. The molecule has 0 aliphatic carbocycles. The van der Waals surface area contributed by atoms with E-state index in [0.717, 1.165) is 15.6 Å². The molecule has 0 spiro atoms. The fraction of sp³-hybridized carbons (Fsp3) is 0.133. The number of benzene rings is 2. The molecule has 104 valence electrons. The van der Waals surface area contributed by atoms with Gasteiger partial charge < -0.3 is 0 Å². The lowest BCUT2D eigenvalue weighted by atomic mass is 10.1. The van der Waals surface area contributed by atoms with E-state index in [1.807, 2.05) is 31.2 Å². The molecule has 20 heavy (non-hydrogen) atoms. The van der Waals surface area contributed by atoms with Gasteiger partial charge in [0.15, 0.2) is 0 Å². The SMILES string of the molecule is CC(=NS(=O)(=O)c1ccc(C)cc1)c1ccc(Br)cc1. The smallest absolute Gasteiger partial charge is 0.199 e. The Hall–Kier alpha value is -1.46. The van der Waals surface area contributed by atoms with Crippen molar-refractivity contribution < 1.29 is 8.42 Å². The molecule has 0 bridgehead atoms. The summed E-state index contributed by atoms with van der Waals surface area (Å²) < 4.78 is 29.2. The van der Waals surface area contributed by atoms with Gasteiger partial charge in [-0.25, -0.2) is 0 Å². The lowest BCUT2D eigenvalue weighted by Gasteiger charge is -2.03. The maximum Gasteiger partial charge on any atom is 0.282 e. The number of rotatable bonds is 3. The van der Waals surface area contributed by atoms with Gasteiger partial charge in [0, 0.05) is 4.47 Å². The van der Waals surface area contributed by atoms with Crippen LogP contribution in [0.15, 0.2) is 62.3 Å². The van der Waals surface area contributed by atoms with Gasteiger partial charge in [-0.1, -0.05) is 45.8 Å². The van der Waals surface area contributed by atoms with Gasteiger partial charge in [0.25, 0.3) is 10.0 Å². The molecule has 2 aromatic rings. The van der Waals surface area contributed by atoms with E-state index in [4.69, 9.17) is 0 Å². The third kappa shape index (κ3) is 3.55. The van der Waals surface area contributed by atoms with Crippen molar-refractivity contribution >= 4 is 31.7 Å². The zero-order chi connectivity index (χ0) is 14.8. The van der Waals surface area contributed by atoms with Crippen molar-refractivity contribution in [2.24, 2.45) is 4.40 Å². The summed E-state index contributed by atoms with van der Waals surface area (Å²) in [6.45, 7) is 3.60. The molecule has 0 aliphatic rings. The minimum absolute atomic E-state index is 0.208. The van der Waals surface area contributed by atoms with Crippen LogP contribution in [0, 0.1) is 6.92 Å². The van der Waals surface area contributed by atoms with E-state index in [9.17, 15) is 8.42 Å². The number of nitrogens with zero attached hydrogens (tertiary/aromatic N) is 1. The number of sulfonamides is 1. The van der Waals surface area contributed by atoms with Gasteiger partial charge in [0.1, 0.15) is 0 Å². The van der Waals surface area contributed by atoms with Crippen LogP contribution in [-0.4, -0.2) is 14.1 Å². The molecule has 0 heterocycles. The third-order valence-electron chi connectivity index (χ3n) is 2.84. The van der Waals surface area contributed by atoms with E-state index in [2.05, 4.69) is 20.3 Å². The molecule has 0 saturated heterocycles. The molecule has 0 aliphatic heterocycles. The lowest BCUT2D eigenvalue weighted by molar-refractivity contribution is 0.598. The Morgan fingerprint density at radius 2 is 1.55 bits per heavy atom. The van der Waals surface area contributed by atoms with E-state index in [0.29, 0.717) is 5.71 Å². The first-order valence-electron chi connectivity index (χ1n) is 6.03. The van der Waals surface area contributed by atoms with Gasteiger partial charge in [-0.15, -0.1) is 0 Å². The summed E-state index contributed by atoms with van der Waals surface area (Å²) in [6.07, 6.45) is 0. The second kappa shape index (κ2) is 5.89. The van der Waals surface area contributed by atoms with Gasteiger partial charge in [-0.3, -0.25) is 0 Å². The molecule has 2 aromatic carbocycles. The van der Waals surface area contributed by atoms with Crippen LogP contribution >= 0.6 is 15.9 Å². The molecular weight excluding hydrogens is 338 g/mol. The van der Waals surface area contributed by atoms with Crippen molar-refractivity contribution in [1.82, 2.24) is 0 Å². The van der Waals surface area contributed by atoms with Crippen LogP contribution in [0.4, 0.5) is 0 Å². The summed E-state index contributed by atoms with van der Waals surface area (Å²) in [4.78, 5) is 0.208. The molecular formula is C15H14BrNO2S. The fourth-order valence-electron chi connectivity index (χ4n) is 1.69. The van der Waals surface area contributed by atoms with Crippen LogP contribution in [0.25, 0.3) is 0 Å². The molecule has 0 saturated carbocycles. The van der Waals surface area contributed by atoms with Crippen molar-refractivity contribution in [3.8, 4) is 0 Å². The molecule has 0 radical (unpaired) electrons. The fourth-order valence-corrected chi connectivity index (χ4v) is 3.00. The molecule has 0 fully saturated rings. The Kier molecular flexibility index (Phi) is 4.40. The second-order valence-electron chi connectivity index (χ2n) is 4.47. The summed E-state index contributed by atoms with van der Waals surface area (Å²) in [5, 5.41) is 0. The molecule has 0 aromatic heterocycles. The number of hydrogen-bond acceptors (Lipinski definition) is 2. The Labute approximate surface area is 127 Å². The number of hydrogen-bond donors (Lipinski definition) is 0. The van der Waals surface area contributed by atoms with Crippen LogP contribution in [0.5, 0.6) is 0 Å². The van der Waals surface area contributed by atoms with E-state index >= 15 is 0 Å². The molecule has 2 rings (SSSR count). The van der Waals surface area contributed by atoms with E-state index < -0.39 is 10.0 Å². The first-order valence-corrected chi connectivity index (χ1v) is 8.26. The van der Waals surface area contributed by atoms with Gasteiger partial charge in [0.2, 0.25) is 0 Å². The standard InChI is InChI=1S/C15H14BrNO2S/c1-11-3-9-15(10-4-11)20(18,19)17-12(2)13-5-7-14(16)8-6-13/h3-10H,1-2H3. The molecule has 5 heteroatoms. The predicted molar refractivity (Wildman–Crippen MR) is 84.7 cm³/mol. The highest BCUT2D eigenvalue weighted by Crippen LogP contribution is 2.16. The Morgan fingerprint density at radius 3 is 2.10 bits per heavy atom. The summed E-state index contributed by atoms with van der Waals surface area (Å²) in [6, 6.07) is 14.0. The van der Waals surface area contributed by atoms with Crippen molar-refractivity contribution in [1.29, 1.82) is 0 Å². The quantitative estimate of drug-likeness (QED) is 0.785. The Morgan fingerprint density at radius 1 is 1.00 bits per heavy atom. The summed E-state index contributed by atoms with van der Waals surface area (Å²) in [5.74, 6) is 0. The zero-order valence-electron chi connectivity index (χ0n) is 11.2. The third-order valence-corrected chi connectivity index (χ3v) is 4.75. The van der Waals surface area contributed by atoms with Gasteiger partial charge >= 0.3 is 0 Å². The van der Waals surface area contributed by atoms with Crippen LogP contribution in [0.3, 0.4) is 0 Å². The summed E-state index contributed by atoms with van der Waals surface area (Å²) in [7, 11) is -3.66. The molecule has 3 nitrogen and oxygen atoms in total. The zero-order valence-corrected chi connectivity index (χ0v) is 13.6. The second-order valence-corrected chi connectivity index (χ2v) is 6.99. The van der Waals surface area contributed by atoms with Crippen LogP contribution in [0.2, 0.25) is 0 Å². The minimum Gasteiger partial charge on any atom is -0.199 e. The van der Waals surface area contributed by atoms with Crippen LogP contribution in [-0.2, 0) is 10.0 Å². The van der Waals surface area contributed by atoms with Crippen molar-refractivity contribution in [3.63, 3.8) is 0 Å². The Balaban J connectivity index is 2.37. The van der Waals surface area contributed by atoms with Gasteiger partial charge in [-0.2, -0.15) is 12.8 Å². The minimum atomic E-state index is -3.66. The first kappa shape index (κ1) is 14.9. The lowest BCUT2D eigenvalue weighted by Crippen LogP contribution is -2.03. The highest BCUT2D eigenvalue weighted by molar-refractivity contribution is 9.10. The highest BCUT2D eigenvalue weighted by atomic mass is 79.9.